The number of halogens is 1. The molecule has 0 spiro atoms. The minimum Gasteiger partial charge on any atom is -0.356 e. The molecule has 0 bridgehead atoms. The first-order chi connectivity index (χ1) is 11.9. The van der Waals surface area contributed by atoms with Crippen LogP contribution in [0.2, 0.25) is 0 Å². The number of carbonyl (C=O) groups is 1. The summed E-state index contributed by atoms with van der Waals surface area (Å²) in [7, 11) is 1.69. The molecule has 0 saturated heterocycles. The van der Waals surface area contributed by atoms with E-state index in [0.29, 0.717) is 12.5 Å². The summed E-state index contributed by atoms with van der Waals surface area (Å²) in [5.74, 6) is 2.68. The van der Waals surface area contributed by atoms with Gasteiger partial charge in [0.15, 0.2) is 5.96 Å². The number of rotatable bonds is 5. The number of nitrogens with one attached hydrogen (secondary N) is 3. The van der Waals surface area contributed by atoms with E-state index < -0.39 is 0 Å². The van der Waals surface area contributed by atoms with Crippen LogP contribution in [0.5, 0.6) is 0 Å². The van der Waals surface area contributed by atoms with Crippen LogP contribution in [-0.2, 0) is 24.2 Å². The lowest BCUT2D eigenvalue weighted by molar-refractivity contribution is -0.121. The summed E-state index contributed by atoms with van der Waals surface area (Å²) in [4.78, 5) is 16.0. The highest BCUT2D eigenvalue weighted by molar-refractivity contribution is 14.0. The topological polar surface area (TPSA) is 96.2 Å². The molecule has 1 aliphatic rings. The monoisotopic (exact) mass is 477 g/mol. The summed E-state index contributed by atoms with van der Waals surface area (Å²) < 4.78 is 2.25. The van der Waals surface area contributed by atoms with Crippen molar-refractivity contribution in [2.45, 2.75) is 65.0 Å². The quantitative estimate of drug-likeness (QED) is 0.337. The zero-order chi connectivity index (χ0) is 18.3. The van der Waals surface area contributed by atoms with E-state index >= 15 is 0 Å². The Hall–Kier alpha value is -1.39. The Kier molecular flexibility index (Phi) is 9.31. The van der Waals surface area contributed by atoms with Gasteiger partial charge in [0.2, 0.25) is 5.91 Å². The molecule has 1 aromatic heterocycles. The van der Waals surface area contributed by atoms with Gasteiger partial charge in [-0.1, -0.05) is 6.42 Å². The van der Waals surface area contributed by atoms with Crippen molar-refractivity contribution in [1.82, 2.24) is 30.7 Å². The van der Waals surface area contributed by atoms with Crippen molar-refractivity contribution >= 4 is 35.8 Å². The fourth-order valence-corrected chi connectivity index (χ4v) is 2.87. The third-order valence-electron chi connectivity index (χ3n) is 3.98. The maximum atomic E-state index is 11.9. The molecular weight excluding hydrogens is 445 g/mol. The molecule has 1 amide bonds. The van der Waals surface area contributed by atoms with Crippen molar-refractivity contribution in [1.29, 1.82) is 0 Å². The van der Waals surface area contributed by atoms with Crippen molar-refractivity contribution in [3.05, 3.63) is 11.6 Å². The molecule has 1 aliphatic heterocycles. The number of aromatic nitrogens is 3. The van der Waals surface area contributed by atoms with Crippen LogP contribution in [0.3, 0.4) is 0 Å². The smallest absolute Gasteiger partial charge is 0.239 e. The summed E-state index contributed by atoms with van der Waals surface area (Å²) in [5, 5.41) is 17.8. The van der Waals surface area contributed by atoms with Crippen LogP contribution in [0, 0.1) is 0 Å². The number of amides is 1. The minimum atomic E-state index is -0.235. The Morgan fingerprint density at radius 2 is 1.96 bits per heavy atom. The molecule has 1 aromatic rings. The Bertz CT molecular complexity index is 607. The van der Waals surface area contributed by atoms with E-state index in [2.05, 4.69) is 35.7 Å². The predicted molar refractivity (Wildman–Crippen MR) is 114 cm³/mol. The standard InChI is InChI=1S/C17H31N7O.HI/c1-17(2,3)21-15(25)12-20-16(18-4)19-10-9-14-23-22-13-8-6-5-7-11-24(13)14;/h5-12H2,1-4H3,(H,21,25)(H2,18,19,20);1H. The SMILES string of the molecule is CN=C(NCCc1nnc2n1CCCCC2)NCC(=O)NC(C)(C)C.I. The number of guanidine groups is 1. The van der Waals surface area contributed by atoms with Crippen molar-refractivity contribution in [3.8, 4) is 0 Å². The van der Waals surface area contributed by atoms with Gasteiger partial charge in [-0.05, 0) is 33.6 Å². The first-order valence-corrected chi connectivity index (χ1v) is 9.05. The number of hydrogen-bond donors (Lipinski definition) is 3. The van der Waals surface area contributed by atoms with E-state index in [-0.39, 0.29) is 42.0 Å². The lowest BCUT2D eigenvalue weighted by Crippen LogP contribution is -2.48. The van der Waals surface area contributed by atoms with E-state index in [1.165, 1.54) is 19.3 Å². The Morgan fingerprint density at radius 1 is 1.19 bits per heavy atom. The number of fused-ring (bicyclic) bond motifs is 1. The molecular formula is C17H32IN7O. The number of nitrogens with zero attached hydrogens (tertiary/aromatic N) is 4. The summed E-state index contributed by atoms with van der Waals surface area (Å²) in [6.45, 7) is 7.77. The van der Waals surface area contributed by atoms with Gasteiger partial charge in [0.1, 0.15) is 11.6 Å². The molecule has 0 fully saturated rings. The lowest BCUT2D eigenvalue weighted by Gasteiger charge is -2.21. The van der Waals surface area contributed by atoms with Gasteiger partial charge in [-0.2, -0.15) is 0 Å². The van der Waals surface area contributed by atoms with Crippen LogP contribution < -0.4 is 16.0 Å². The average molecular weight is 477 g/mol. The van der Waals surface area contributed by atoms with E-state index in [9.17, 15) is 4.79 Å². The number of hydrogen-bond acceptors (Lipinski definition) is 4. The number of aliphatic imine (C=N–C) groups is 1. The molecule has 0 radical (unpaired) electrons. The van der Waals surface area contributed by atoms with Crippen molar-refractivity contribution in [2.75, 3.05) is 20.1 Å². The van der Waals surface area contributed by atoms with Gasteiger partial charge in [0.25, 0.3) is 0 Å². The third-order valence-corrected chi connectivity index (χ3v) is 3.98. The molecule has 0 aliphatic carbocycles. The van der Waals surface area contributed by atoms with Crippen molar-refractivity contribution < 1.29 is 4.79 Å². The normalized spacial score (nSPS) is 14.7. The zero-order valence-electron chi connectivity index (χ0n) is 16.3. The molecule has 9 heteroatoms. The Labute approximate surface area is 173 Å². The molecule has 2 rings (SSSR count). The fraction of sp³-hybridized carbons (Fsp3) is 0.765. The van der Waals surface area contributed by atoms with Crippen LogP contribution in [0.1, 0.15) is 51.7 Å². The van der Waals surface area contributed by atoms with Crippen molar-refractivity contribution in [2.24, 2.45) is 4.99 Å². The molecule has 0 saturated carbocycles. The first kappa shape index (κ1) is 22.7. The Morgan fingerprint density at radius 3 is 2.65 bits per heavy atom. The third kappa shape index (κ3) is 7.46. The molecule has 8 nitrogen and oxygen atoms in total. The van der Waals surface area contributed by atoms with Gasteiger partial charge < -0.3 is 20.5 Å². The average Bonchev–Trinajstić information content (AvgIpc) is 2.76. The summed E-state index contributed by atoms with van der Waals surface area (Å²) in [5.41, 5.74) is -0.235. The molecule has 0 aromatic carbocycles. The van der Waals surface area contributed by atoms with E-state index in [4.69, 9.17) is 0 Å². The predicted octanol–water partition coefficient (Wildman–Crippen LogP) is 1.24. The molecule has 0 atom stereocenters. The summed E-state index contributed by atoms with van der Waals surface area (Å²) >= 11 is 0. The molecule has 0 unspecified atom stereocenters. The second-order valence-electron chi connectivity index (χ2n) is 7.40. The van der Waals surface area contributed by atoms with Gasteiger partial charge in [0, 0.05) is 38.5 Å². The van der Waals surface area contributed by atoms with Crippen LogP contribution in [0.15, 0.2) is 4.99 Å². The molecule has 2 heterocycles. The minimum absolute atomic E-state index is 0. The fourth-order valence-electron chi connectivity index (χ4n) is 2.87. The number of aryl methyl sites for hydroxylation is 1. The van der Waals surface area contributed by atoms with Gasteiger partial charge in [-0.25, -0.2) is 0 Å². The number of carbonyl (C=O) groups excluding carboxylic acids is 1. The zero-order valence-corrected chi connectivity index (χ0v) is 18.6. The molecule has 3 N–H and O–H groups in total. The van der Waals surface area contributed by atoms with Crippen LogP contribution in [-0.4, -0.2) is 52.3 Å². The highest BCUT2D eigenvalue weighted by Gasteiger charge is 2.15. The van der Waals surface area contributed by atoms with Gasteiger partial charge in [-0.3, -0.25) is 9.79 Å². The van der Waals surface area contributed by atoms with Crippen LogP contribution in [0.4, 0.5) is 0 Å². The first-order valence-electron chi connectivity index (χ1n) is 9.05. The maximum absolute atomic E-state index is 11.9. The van der Waals surface area contributed by atoms with Crippen molar-refractivity contribution in [3.63, 3.8) is 0 Å². The summed E-state index contributed by atoms with van der Waals surface area (Å²) in [6, 6.07) is 0. The van der Waals surface area contributed by atoms with Crippen LogP contribution >= 0.6 is 24.0 Å². The second kappa shape index (κ2) is 10.7. The van der Waals surface area contributed by atoms with E-state index in [1.807, 2.05) is 20.8 Å². The Balaban J connectivity index is 0.00000338. The molecule has 26 heavy (non-hydrogen) atoms. The van der Waals surface area contributed by atoms with Gasteiger partial charge in [-0.15, -0.1) is 34.2 Å². The largest absolute Gasteiger partial charge is 0.356 e. The highest BCUT2D eigenvalue weighted by Crippen LogP contribution is 2.14. The lowest BCUT2D eigenvalue weighted by atomic mass is 10.1. The second-order valence-corrected chi connectivity index (χ2v) is 7.40. The maximum Gasteiger partial charge on any atom is 0.239 e. The van der Waals surface area contributed by atoms with Crippen LogP contribution in [0.25, 0.3) is 0 Å². The summed E-state index contributed by atoms with van der Waals surface area (Å²) in [6.07, 6.45) is 5.45. The molecule has 148 valence electrons. The van der Waals surface area contributed by atoms with E-state index in [0.717, 1.165) is 31.0 Å². The van der Waals surface area contributed by atoms with Gasteiger partial charge >= 0.3 is 0 Å². The highest BCUT2D eigenvalue weighted by atomic mass is 127. The van der Waals surface area contributed by atoms with Gasteiger partial charge in [0.05, 0.1) is 6.54 Å². The van der Waals surface area contributed by atoms with E-state index in [1.54, 1.807) is 7.05 Å².